The highest BCUT2D eigenvalue weighted by molar-refractivity contribution is 7.99. The van der Waals surface area contributed by atoms with Crippen LogP contribution >= 0.6 is 11.8 Å². The molecule has 2 rings (SSSR count). The second-order valence-corrected chi connectivity index (χ2v) is 6.32. The summed E-state index contributed by atoms with van der Waals surface area (Å²) >= 11 is 1.85. The first-order chi connectivity index (χ1) is 9.68. The van der Waals surface area contributed by atoms with Gasteiger partial charge in [-0.3, -0.25) is 9.69 Å². The molecule has 5 heteroatoms. The standard InChI is InChI=1S/C15H23N3OS/c1-17(2)15(19)14-12-16-8-9-18(14)10-11-20-13-6-4-3-5-7-13/h3-7,14,16H,8-12H2,1-2H3. The minimum absolute atomic E-state index is 0.0184. The van der Waals surface area contributed by atoms with Gasteiger partial charge in [-0.05, 0) is 12.1 Å². The van der Waals surface area contributed by atoms with E-state index in [1.807, 2.05) is 31.9 Å². The van der Waals surface area contributed by atoms with E-state index in [0.29, 0.717) is 0 Å². The predicted molar refractivity (Wildman–Crippen MR) is 84.1 cm³/mol. The molecule has 1 heterocycles. The van der Waals surface area contributed by atoms with Gasteiger partial charge in [0.1, 0.15) is 6.04 Å². The van der Waals surface area contributed by atoms with Crippen LogP contribution < -0.4 is 5.32 Å². The van der Waals surface area contributed by atoms with Gasteiger partial charge < -0.3 is 10.2 Å². The molecule has 1 aromatic carbocycles. The third-order valence-corrected chi connectivity index (χ3v) is 4.46. The van der Waals surface area contributed by atoms with Crippen LogP contribution in [0.5, 0.6) is 0 Å². The molecular formula is C15H23N3OS. The van der Waals surface area contributed by atoms with Crippen molar-refractivity contribution in [2.75, 3.05) is 46.0 Å². The fourth-order valence-electron chi connectivity index (χ4n) is 2.35. The number of benzene rings is 1. The van der Waals surface area contributed by atoms with Crippen molar-refractivity contribution >= 4 is 17.7 Å². The lowest BCUT2D eigenvalue weighted by Gasteiger charge is -2.36. The predicted octanol–water partition coefficient (Wildman–Crippen LogP) is 1.14. The van der Waals surface area contributed by atoms with Gasteiger partial charge in [0, 0.05) is 50.9 Å². The topological polar surface area (TPSA) is 35.6 Å². The fourth-order valence-corrected chi connectivity index (χ4v) is 3.26. The molecule has 1 aromatic rings. The molecule has 1 saturated heterocycles. The Bertz CT molecular complexity index is 424. The van der Waals surface area contributed by atoms with Gasteiger partial charge in [-0.25, -0.2) is 0 Å². The van der Waals surface area contributed by atoms with E-state index in [1.165, 1.54) is 4.90 Å². The van der Waals surface area contributed by atoms with Crippen molar-refractivity contribution in [2.24, 2.45) is 0 Å². The van der Waals surface area contributed by atoms with Crippen molar-refractivity contribution in [3.8, 4) is 0 Å². The molecule has 4 nitrogen and oxygen atoms in total. The molecule has 0 bridgehead atoms. The van der Waals surface area contributed by atoms with Crippen LogP contribution in [0.2, 0.25) is 0 Å². The monoisotopic (exact) mass is 293 g/mol. The van der Waals surface area contributed by atoms with E-state index in [2.05, 4.69) is 34.5 Å². The van der Waals surface area contributed by atoms with Crippen molar-refractivity contribution < 1.29 is 4.79 Å². The van der Waals surface area contributed by atoms with E-state index in [0.717, 1.165) is 31.9 Å². The number of nitrogens with zero attached hydrogens (tertiary/aromatic N) is 2. The van der Waals surface area contributed by atoms with E-state index in [1.54, 1.807) is 4.90 Å². The molecule has 0 saturated carbocycles. The summed E-state index contributed by atoms with van der Waals surface area (Å²) in [5.74, 6) is 1.21. The molecule has 1 fully saturated rings. The van der Waals surface area contributed by atoms with Crippen LogP contribution in [0.25, 0.3) is 0 Å². The Hall–Kier alpha value is -1.04. The normalized spacial score (nSPS) is 19.8. The highest BCUT2D eigenvalue weighted by atomic mass is 32.2. The summed E-state index contributed by atoms with van der Waals surface area (Å²) in [6.07, 6.45) is 0. The number of hydrogen-bond acceptors (Lipinski definition) is 4. The molecule has 0 radical (unpaired) electrons. The van der Waals surface area contributed by atoms with E-state index in [-0.39, 0.29) is 11.9 Å². The molecule has 1 N–H and O–H groups in total. The van der Waals surface area contributed by atoms with Crippen molar-refractivity contribution in [1.82, 2.24) is 15.1 Å². The number of thioether (sulfide) groups is 1. The number of hydrogen-bond donors (Lipinski definition) is 1. The first-order valence-electron chi connectivity index (χ1n) is 7.02. The molecule has 0 aliphatic carbocycles. The lowest BCUT2D eigenvalue weighted by atomic mass is 10.1. The highest BCUT2D eigenvalue weighted by Crippen LogP contribution is 2.17. The SMILES string of the molecule is CN(C)C(=O)C1CNCCN1CCSc1ccccc1. The number of piperazine rings is 1. The zero-order valence-corrected chi connectivity index (χ0v) is 13.0. The average molecular weight is 293 g/mol. The number of carbonyl (C=O) groups is 1. The van der Waals surface area contributed by atoms with E-state index in [4.69, 9.17) is 0 Å². The number of rotatable bonds is 5. The maximum Gasteiger partial charge on any atom is 0.240 e. The maximum absolute atomic E-state index is 12.2. The second kappa shape index (κ2) is 7.67. The fraction of sp³-hybridized carbons (Fsp3) is 0.533. The molecule has 1 aliphatic rings. The van der Waals surface area contributed by atoms with Crippen molar-refractivity contribution in [2.45, 2.75) is 10.9 Å². The van der Waals surface area contributed by atoms with Gasteiger partial charge in [0.15, 0.2) is 0 Å². The Morgan fingerprint density at radius 2 is 2.15 bits per heavy atom. The van der Waals surface area contributed by atoms with Crippen LogP contribution in [0.15, 0.2) is 35.2 Å². The summed E-state index contributed by atoms with van der Waals surface area (Å²) in [5, 5.41) is 3.31. The summed E-state index contributed by atoms with van der Waals surface area (Å²) in [6, 6.07) is 10.4. The van der Waals surface area contributed by atoms with Crippen molar-refractivity contribution in [3.05, 3.63) is 30.3 Å². The molecule has 20 heavy (non-hydrogen) atoms. The van der Waals surface area contributed by atoms with Gasteiger partial charge in [0.25, 0.3) is 0 Å². The van der Waals surface area contributed by atoms with Gasteiger partial charge >= 0.3 is 0 Å². The molecule has 1 unspecified atom stereocenters. The lowest BCUT2D eigenvalue weighted by molar-refractivity contribution is -0.134. The molecule has 1 aliphatic heterocycles. The van der Waals surface area contributed by atoms with Crippen LogP contribution in [-0.4, -0.2) is 67.8 Å². The summed E-state index contributed by atoms with van der Waals surface area (Å²) in [5.41, 5.74) is 0. The van der Waals surface area contributed by atoms with Crippen LogP contribution in [-0.2, 0) is 4.79 Å². The summed E-state index contributed by atoms with van der Waals surface area (Å²) < 4.78 is 0. The molecular weight excluding hydrogens is 270 g/mol. The number of likely N-dealkylation sites (N-methyl/N-ethyl adjacent to an activating group) is 1. The third kappa shape index (κ3) is 4.23. The van der Waals surface area contributed by atoms with Gasteiger partial charge in [-0.2, -0.15) is 0 Å². The number of carbonyl (C=O) groups excluding carboxylic acids is 1. The summed E-state index contributed by atoms with van der Waals surface area (Å²) in [7, 11) is 3.65. The van der Waals surface area contributed by atoms with E-state index < -0.39 is 0 Å². The molecule has 0 aromatic heterocycles. The summed E-state index contributed by atoms with van der Waals surface area (Å²) in [6.45, 7) is 3.62. The molecule has 1 amide bonds. The summed E-state index contributed by atoms with van der Waals surface area (Å²) in [4.78, 5) is 17.5. The lowest BCUT2D eigenvalue weighted by Crippen LogP contribution is -2.57. The van der Waals surface area contributed by atoms with E-state index >= 15 is 0 Å². The minimum Gasteiger partial charge on any atom is -0.347 e. The van der Waals surface area contributed by atoms with Crippen molar-refractivity contribution in [3.63, 3.8) is 0 Å². The number of amides is 1. The van der Waals surface area contributed by atoms with Crippen LogP contribution in [0.4, 0.5) is 0 Å². The first kappa shape index (κ1) is 15.4. The van der Waals surface area contributed by atoms with Gasteiger partial charge in [0.05, 0.1) is 0 Å². The zero-order chi connectivity index (χ0) is 14.4. The number of nitrogens with one attached hydrogen (secondary N) is 1. The van der Waals surface area contributed by atoms with E-state index in [9.17, 15) is 4.79 Å². The third-order valence-electron chi connectivity index (χ3n) is 3.47. The largest absolute Gasteiger partial charge is 0.347 e. The molecule has 110 valence electrons. The molecule has 0 spiro atoms. The zero-order valence-electron chi connectivity index (χ0n) is 12.2. The average Bonchev–Trinajstić information content (AvgIpc) is 2.48. The van der Waals surface area contributed by atoms with Crippen molar-refractivity contribution in [1.29, 1.82) is 0 Å². The van der Waals surface area contributed by atoms with Gasteiger partial charge in [-0.15, -0.1) is 11.8 Å². The van der Waals surface area contributed by atoms with Crippen LogP contribution in [0, 0.1) is 0 Å². The maximum atomic E-state index is 12.2. The highest BCUT2D eigenvalue weighted by Gasteiger charge is 2.29. The van der Waals surface area contributed by atoms with Gasteiger partial charge in [0.2, 0.25) is 5.91 Å². The molecule has 1 atom stereocenters. The van der Waals surface area contributed by atoms with Crippen LogP contribution in [0.3, 0.4) is 0 Å². The Kier molecular flexibility index (Phi) is 5.88. The second-order valence-electron chi connectivity index (χ2n) is 5.15. The Labute approximate surface area is 125 Å². The smallest absolute Gasteiger partial charge is 0.240 e. The Morgan fingerprint density at radius 1 is 1.40 bits per heavy atom. The first-order valence-corrected chi connectivity index (χ1v) is 8.01. The quantitative estimate of drug-likeness (QED) is 0.826. The minimum atomic E-state index is -0.0184. The Balaban J connectivity index is 1.84. The Morgan fingerprint density at radius 3 is 2.85 bits per heavy atom. The van der Waals surface area contributed by atoms with Crippen LogP contribution in [0.1, 0.15) is 0 Å². The van der Waals surface area contributed by atoms with Gasteiger partial charge in [-0.1, -0.05) is 18.2 Å².